The van der Waals surface area contributed by atoms with Gasteiger partial charge in [0.05, 0.1) is 13.2 Å². The van der Waals surface area contributed by atoms with Crippen molar-refractivity contribution in [1.82, 2.24) is 0 Å². The SMILES string of the molecule is CC#CCC(C)C(C=CC1C(O)CC2CC(=CCCCC(=O)O)CC21N)OC(=O)OC. The standard InChI is InChI=1S/C24H35NO6/c1-4-5-8-16(2)21(31-23(29)30-3)12-11-19-20(26)14-18-13-17(15-24(18,19)25)9-6-7-10-22(27)28/h9,11-12,16,18-21,26H,6-8,10,13-15,25H2,1-3H3,(H,27,28). The number of carboxylic acids is 1. The van der Waals surface area contributed by atoms with E-state index in [-0.39, 0.29) is 24.2 Å². The van der Waals surface area contributed by atoms with Crippen molar-refractivity contribution in [2.24, 2.45) is 23.5 Å². The molecular weight excluding hydrogens is 398 g/mol. The van der Waals surface area contributed by atoms with Crippen LogP contribution in [0, 0.1) is 29.6 Å². The van der Waals surface area contributed by atoms with Crippen LogP contribution in [0.5, 0.6) is 0 Å². The van der Waals surface area contributed by atoms with Crippen molar-refractivity contribution in [1.29, 1.82) is 0 Å². The van der Waals surface area contributed by atoms with Crippen LogP contribution >= 0.6 is 0 Å². The summed E-state index contributed by atoms with van der Waals surface area (Å²) in [4.78, 5) is 22.4. The van der Waals surface area contributed by atoms with Crippen molar-refractivity contribution in [3.8, 4) is 11.8 Å². The summed E-state index contributed by atoms with van der Waals surface area (Å²) in [7, 11) is 1.27. The van der Waals surface area contributed by atoms with Crippen LogP contribution in [0.4, 0.5) is 4.79 Å². The fraction of sp³-hybridized carbons (Fsp3) is 0.667. The Morgan fingerprint density at radius 2 is 2.16 bits per heavy atom. The molecule has 2 fully saturated rings. The first-order chi connectivity index (χ1) is 14.7. The lowest BCUT2D eigenvalue weighted by Crippen LogP contribution is -2.46. The molecule has 6 atom stereocenters. The van der Waals surface area contributed by atoms with Gasteiger partial charge in [0.1, 0.15) is 6.10 Å². The molecule has 4 N–H and O–H groups in total. The lowest BCUT2D eigenvalue weighted by Gasteiger charge is -2.30. The van der Waals surface area contributed by atoms with Crippen LogP contribution < -0.4 is 5.73 Å². The molecule has 0 heterocycles. The van der Waals surface area contributed by atoms with E-state index in [1.807, 2.05) is 13.0 Å². The van der Waals surface area contributed by atoms with Crippen LogP contribution in [0.2, 0.25) is 0 Å². The summed E-state index contributed by atoms with van der Waals surface area (Å²) >= 11 is 0. The summed E-state index contributed by atoms with van der Waals surface area (Å²) in [6, 6.07) is 0. The minimum atomic E-state index is -0.784. The Balaban J connectivity index is 2.11. The van der Waals surface area contributed by atoms with Crippen LogP contribution in [0.1, 0.15) is 58.8 Å². The average molecular weight is 434 g/mol. The van der Waals surface area contributed by atoms with Crippen LogP contribution in [0.15, 0.2) is 23.8 Å². The number of unbranched alkanes of at least 4 members (excludes halogenated alkanes) is 1. The summed E-state index contributed by atoms with van der Waals surface area (Å²) < 4.78 is 10.0. The van der Waals surface area contributed by atoms with Crippen molar-refractivity contribution < 1.29 is 29.3 Å². The molecule has 0 amide bonds. The van der Waals surface area contributed by atoms with E-state index in [4.69, 9.17) is 15.6 Å². The van der Waals surface area contributed by atoms with E-state index in [2.05, 4.69) is 22.7 Å². The van der Waals surface area contributed by atoms with E-state index in [0.29, 0.717) is 25.7 Å². The fourth-order valence-corrected chi connectivity index (χ4v) is 4.74. The molecule has 0 bridgehead atoms. The van der Waals surface area contributed by atoms with E-state index in [0.717, 1.165) is 12.8 Å². The molecule has 2 aliphatic rings. The first-order valence-electron chi connectivity index (χ1n) is 10.9. The van der Waals surface area contributed by atoms with Gasteiger partial charge in [-0.3, -0.25) is 4.79 Å². The quantitative estimate of drug-likeness (QED) is 0.221. The zero-order chi connectivity index (χ0) is 23.0. The van der Waals surface area contributed by atoms with E-state index >= 15 is 0 Å². The maximum Gasteiger partial charge on any atom is 0.508 e. The number of aliphatic hydroxyl groups excluding tert-OH is 1. The maximum absolute atomic E-state index is 11.7. The highest BCUT2D eigenvalue weighted by Gasteiger charge is 2.54. The summed E-state index contributed by atoms with van der Waals surface area (Å²) in [5.41, 5.74) is 7.49. The highest BCUT2D eigenvalue weighted by molar-refractivity contribution is 5.66. The van der Waals surface area contributed by atoms with Crippen molar-refractivity contribution in [2.75, 3.05) is 7.11 Å². The summed E-state index contributed by atoms with van der Waals surface area (Å²) in [6.45, 7) is 3.71. The van der Waals surface area contributed by atoms with Gasteiger partial charge >= 0.3 is 12.1 Å². The number of rotatable bonds is 9. The van der Waals surface area contributed by atoms with E-state index in [1.54, 1.807) is 13.0 Å². The Hall–Kier alpha value is -2.30. The number of nitrogens with two attached hydrogens (primary N) is 1. The van der Waals surface area contributed by atoms with Gasteiger partial charge in [-0.15, -0.1) is 11.8 Å². The Morgan fingerprint density at radius 3 is 2.81 bits per heavy atom. The molecule has 2 saturated carbocycles. The summed E-state index contributed by atoms with van der Waals surface area (Å²) in [6.07, 6.45) is 8.14. The Kier molecular flexibility index (Phi) is 9.15. The molecule has 0 aromatic rings. The third-order valence-corrected chi connectivity index (χ3v) is 6.46. The van der Waals surface area contributed by atoms with Crippen LogP contribution in [-0.2, 0) is 14.3 Å². The smallest absolute Gasteiger partial charge is 0.481 e. The maximum atomic E-state index is 11.7. The highest BCUT2D eigenvalue weighted by atomic mass is 16.7. The van der Waals surface area contributed by atoms with Gasteiger partial charge < -0.3 is 25.4 Å². The average Bonchev–Trinajstić information content (AvgIpc) is 3.14. The number of carboxylic acid groups (broad SMARTS) is 1. The molecule has 0 saturated heterocycles. The number of methoxy groups -OCH3 is 1. The Morgan fingerprint density at radius 1 is 1.42 bits per heavy atom. The summed E-state index contributed by atoms with van der Waals surface area (Å²) in [5, 5.41) is 19.5. The third-order valence-electron chi connectivity index (χ3n) is 6.46. The van der Waals surface area contributed by atoms with E-state index < -0.39 is 29.9 Å². The molecule has 0 aromatic carbocycles. The van der Waals surface area contributed by atoms with Gasteiger partial charge in [-0.05, 0) is 51.0 Å². The fourth-order valence-electron chi connectivity index (χ4n) is 4.74. The van der Waals surface area contributed by atoms with Crippen LogP contribution in [0.3, 0.4) is 0 Å². The number of carbonyl (C=O) groups is 2. The van der Waals surface area contributed by atoms with Crippen molar-refractivity contribution in [3.05, 3.63) is 23.8 Å². The van der Waals surface area contributed by atoms with Gasteiger partial charge in [0.25, 0.3) is 0 Å². The van der Waals surface area contributed by atoms with Gasteiger partial charge in [0.15, 0.2) is 0 Å². The number of hydrogen-bond donors (Lipinski definition) is 3. The zero-order valence-corrected chi connectivity index (χ0v) is 18.7. The van der Waals surface area contributed by atoms with Crippen LogP contribution in [-0.4, -0.2) is 47.2 Å². The van der Waals surface area contributed by atoms with Gasteiger partial charge in [0, 0.05) is 30.2 Å². The monoisotopic (exact) mass is 433 g/mol. The highest BCUT2D eigenvalue weighted by Crippen LogP contribution is 2.52. The molecule has 0 aromatic heterocycles. The molecule has 7 nitrogen and oxygen atoms in total. The number of aliphatic hydroxyl groups is 1. The predicted molar refractivity (Wildman–Crippen MR) is 117 cm³/mol. The van der Waals surface area contributed by atoms with E-state index in [9.17, 15) is 14.7 Å². The molecule has 7 heteroatoms. The molecule has 6 unspecified atom stereocenters. The topological polar surface area (TPSA) is 119 Å². The Labute approximate surface area is 184 Å². The lowest BCUT2D eigenvalue weighted by molar-refractivity contribution is -0.137. The summed E-state index contributed by atoms with van der Waals surface area (Å²) in [5.74, 6) is 4.94. The second kappa shape index (κ2) is 11.4. The number of hydrogen-bond acceptors (Lipinski definition) is 6. The van der Waals surface area contributed by atoms with Gasteiger partial charge in [-0.2, -0.15) is 0 Å². The first-order valence-corrected chi connectivity index (χ1v) is 10.9. The predicted octanol–water partition coefficient (Wildman–Crippen LogP) is 3.41. The van der Waals surface area contributed by atoms with Crippen molar-refractivity contribution in [3.63, 3.8) is 0 Å². The number of carbonyl (C=O) groups excluding carboxylic acids is 1. The Bertz CT molecular complexity index is 764. The number of fused-ring (bicyclic) bond motifs is 1. The number of aliphatic carboxylic acids is 1. The molecule has 0 spiro atoms. The lowest BCUT2D eigenvalue weighted by atomic mass is 9.82. The minimum Gasteiger partial charge on any atom is -0.481 e. The molecule has 31 heavy (non-hydrogen) atoms. The molecular formula is C24H35NO6. The first kappa shape index (κ1) is 25.0. The number of ether oxygens (including phenoxy) is 2. The van der Waals surface area contributed by atoms with Gasteiger partial charge in [-0.1, -0.05) is 24.6 Å². The molecule has 172 valence electrons. The normalized spacial score (nSPS) is 30.5. The molecule has 0 aliphatic heterocycles. The zero-order valence-electron chi connectivity index (χ0n) is 18.7. The third kappa shape index (κ3) is 6.59. The van der Waals surface area contributed by atoms with Crippen molar-refractivity contribution in [2.45, 2.75) is 76.5 Å². The second-order valence-corrected chi connectivity index (χ2v) is 8.70. The largest absolute Gasteiger partial charge is 0.508 e. The molecule has 2 rings (SSSR count). The molecule has 0 radical (unpaired) electrons. The van der Waals surface area contributed by atoms with E-state index in [1.165, 1.54) is 12.7 Å². The molecule has 2 aliphatic carbocycles. The van der Waals surface area contributed by atoms with Crippen molar-refractivity contribution >= 4 is 12.1 Å². The van der Waals surface area contributed by atoms with Crippen LogP contribution in [0.25, 0.3) is 0 Å². The number of allylic oxidation sites excluding steroid dienone is 1. The van der Waals surface area contributed by atoms with Gasteiger partial charge in [0.2, 0.25) is 0 Å². The van der Waals surface area contributed by atoms with Gasteiger partial charge in [-0.25, -0.2) is 4.79 Å². The second-order valence-electron chi connectivity index (χ2n) is 8.70. The minimum absolute atomic E-state index is 0.0425.